The highest BCUT2D eigenvalue weighted by atomic mass is 16.5. The van der Waals surface area contributed by atoms with Gasteiger partial charge in [-0.2, -0.15) is 5.26 Å². The number of hydrogen-bond acceptors (Lipinski definition) is 7. The zero-order valence-electron chi connectivity index (χ0n) is 18.7. The number of aromatic nitrogens is 1. The topological polar surface area (TPSA) is 144 Å². The number of benzene rings is 1. The fourth-order valence-electron chi connectivity index (χ4n) is 2.77. The number of likely N-dealkylation sites (N-methyl/N-ethyl adjacent to an activating group) is 1. The third-order valence-corrected chi connectivity index (χ3v) is 4.26. The maximum absolute atomic E-state index is 10.1. The van der Waals surface area contributed by atoms with E-state index in [0.717, 1.165) is 24.9 Å². The van der Waals surface area contributed by atoms with Crippen molar-refractivity contribution < 1.29 is 29.6 Å². The van der Waals surface area contributed by atoms with E-state index < -0.39 is 18.0 Å². The summed E-state index contributed by atoms with van der Waals surface area (Å²) in [6, 6.07) is 14.2. The number of rotatable bonds is 11. The molecule has 0 saturated heterocycles. The van der Waals surface area contributed by atoms with E-state index in [2.05, 4.69) is 40.2 Å². The predicted molar refractivity (Wildman–Crippen MR) is 122 cm³/mol. The third kappa shape index (κ3) is 12.6. The predicted octanol–water partition coefficient (Wildman–Crippen LogP) is 2.28. The first-order valence-corrected chi connectivity index (χ1v) is 10.2. The van der Waals surface area contributed by atoms with Gasteiger partial charge in [0, 0.05) is 24.9 Å². The molecular weight excluding hydrogens is 426 g/mol. The number of aliphatic hydroxyl groups is 1. The van der Waals surface area contributed by atoms with Crippen molar-refractivity contribution in [1.82, 2.24) is 9.88 Å². The molecule has 0 bridgehead atoms. The normalized spacial score (nSPS) is 11.4. The second-order valence-electron chi connectivity index (χ2n) is 7.30. The Labute approximate surface area is 193 Å². The smallest absolute Gasteiger partial charge is 0.328 e. The molecule has 2 aromatic rings. The minimum absolute atomic E-state index is 0.119. The Morgan fingerprint density at radius 3 is 2.42 bits per heavy atom. The number of nitriles is 1. The largest absolute Gasteiger partial charge is 0.478 e. The van der Waals surface area contributed by atoms with Crippen LogP contribution in [0.25, 0.3) is 0 Å². The number of pyridine rings is 1. The van der Waals surface area contributed by atoms with Crippen molar-refractivity contribution in [3.8, 4) is 11.9 Å². The maximum atomic E-state index is 10.1. The quantitative estimate of drug-likeness (QED) is 0.435. The Kier molecular flexibility index (Phi) is 12.5. The van der Waals surface area contributed by atoms with Crippen molar-refractivity contribution >= 4 is 11.9 Å². The molecule has 0 aliphatic rings. The van der Waals surface area contributed by atoms with Gasteiger partial charge in [0.15, 0.2) is 0 Å². The van der Waals surface area contributed by atoms with Crippen LogP contribution in [0, 0.1) is 18.3 Å². The number of hydrogen-bond donors (Lipinski definition) is 3. The molecule has 176 valence electrons. The molecule has 1 aromatic heterocycles. The minimum atomic E-state index is -1.26. The molecule has 33 heavy (non-hydrogen) atoms. The lowest BCUT2D eigenvalue weighted by molar-refractivity contribution is -0.134. The number of aliphatic hydroxyl groups excluding tert-OH is 1. The highest BCUT2D eigenvalue weighted by Crippen LogP contribution is 2.15. The summed E-state index contributed by atoms with van der Waals surface area (Å²) in [6.45, 7) is 3.41. The molecule has 0 fully saturated rings. The summed E-state index contributed by atoms with van der Waals surface area (Å²) < 4.78 is 5.51. The van der Waals surface area contributed by atoms with E-state index in [1.165, 1.54) is 5.56 Å². The zero-order chi connectivity index (χ0) is 24.6. The van der Waals surface area contributed by atoms with Gasteiger partial charge in [0.1, 0.15) is 24.3 Å². The first-order chi connectivity index (χ1) is 15.7. The van der Waals surface area contributed by atoms with Gasteiger partial charge in [-0.1, -0.05) is 30.3 Å². The molecule has 9 heteroatoms. The summed E-state index contributed by atoms with van der Waals surface area (Å²) >= 11 is 0. The Morgan fingerprint density at radius 2 is 1.85 bits per heavy atom. The Bertz CT molecular complexity index is 940. The monoisotopic (exact) mass is 455 g/mol. The fourth-order valence-corrected chi connectivity index (χ4v) is 2.77. The third-order valence-electron chi connectivity index (χ3n) is 4.26. The van der Waals surface area contributed by atoms with Crippen molar-refractivity contribution in [3.05, 3.63) is 71.4 Å². The summed E-state index contributed by atoms with van der Waals surface area (Å²) in [6.07, 6.45) is 4.20. The summed E-state index contributed by atoms with van der Waals surface area (Å²) in [4.78, 5) is 25.3. The number of ether oxygens (including phenoxy) is 1. The number of aryl methyl sites for hydroxylation is 2. The van der Waals surface area contributed by atoms with Gasteiger partial charge >= 0.3 is 11.9 Å². The first-order valence-electron chi connectivity index (χ1n) is 10.2. The van der Waals surface area contributed by atoms with E-state index in [1.54, 1.807) is 12.3 Å². The van der Waals surface area contributed by atoms with E-state index in [1.807, 2.05) is 20.0 Å². The lowest BCUT2D eigenvalue weighted by Crippen LogP contribution is -2.34. The van der Waals surface area contributed by atoms with Gasteiger partial charge in [-0.25, -0.2) is 14.6 Å². The number of nitrogens with zero attached hydrogens (tertiary/aromatic N) is 3. The fraction of sp³-hybridized carbons (Fsp3) is 0.333. The second-order valence-corrected chi connectivity index (χ2v) is 7.30. The molecule has 1 aromatic carbocycles. The summed E-state index contributed by atoms with van der Waals surface area (Å²) in [5.74, 6) is -2.24. The molecule has 1 atom stereocenters. The number of carbonyl (C=O) groups is 2. The summed E-state index contributed by atoms with van der Waals surface area (Å²) in [5.41, 5.74) is 2.63. The van der Waals surface area contributed by atoms with Crippen LogP contribution in [0.5, 0.6) is 5.88 Å². The van der Waals surface area contributed by atoms with Crippen LogP contribution in [-0.4, -0.2) is 70.0 Å². The average molecular weight is 456 g/mol. The van der Waals surface area contributed by atoms with Crippen LogP contribution < -0.4 is 4.74 Å². The van der Waals surface area contributed by atoms with Crippen LogP contribution in [0.1, 0.15) is 23.1 Å². The molecule has 0 aliphatic heterocycles. The van der Waals surface area contributed by atoms with Crippen LogP contribution in [-0.2, 0) is 16.0 Å². The first kappa shape index (κ1) is 27.3. The molecule has 0 amide bonds. The molecule has 0 spiro atoms. The van der Waals surface area contributed by atoms with Crippen molar-refractivity contribution in [2.75, 3.05) is 26.7 Å². The Hall–Kier alpha value is -3.74. The summed E-state index contributed by atoms with van der Waals surface area (Å²) in [5, 5.41) is 34.9. The molecule has 1 heterocycles. The SMILES string of the molecule is Cc1cnc(OCC(O)CN(C)CCCc2ccccc2)c(C#N)c1.O=C(O)/C=C\C(=O)O. The number of aliphatic carboxylic acids is 2. The van der Waals surface area contributed by atoms with Gasteiger partial charge in [-0.15, -0.1) is 0 Å². The molecule has 0 aliphatic carbocycles. The van der Waals surface area contributed by atoms with Crippen LogP contribution >= 0.6 is 0 Å². The molecule has 9 nitrogen and oxygen atoms in total. The minimum Gasteiger partial charge on any atom is -0.478 e. The van der Waals surface area contributed by atoms with Gasteiger partial charge in [0.05, 0.1) is 0 Å². The molecule has 0 radical (unpaired) electrons. The van der Waals surface area contributed by atoms with Crippen LogP contribution in [0.3, 0.4) is 0 Å². The lowest BCUT2D eigenvalue weighted by Gasteiger charge is -2.20. The Morgan fingerprint density at radius 1 is 1.21 bits per heavy atom. The van der Waals surface area contributed by atoms with Gasteiger partial charge in [0.25, 0.3) is 0 Å². The van der Waals surface area contributed by atoms with Gasteiger partial charge < -0.3 is 25.0 Å². The van der Waals surface area contributed by atoms with Gasteiger partial charge in [-0.3, -0.25) is 0 Å². The van der Waals surface area contributed by atoms with Crippen molar-refractivity contribution in [3.63, 3.8) is 0 Å². The van der Waals surface area contributed by atoms with Crippen LogP contribution in [0.4, 0.5) is 0 Å². The van der Waals surface area contributed by atoms with E-state index in [0.29, 0.717) is 24.3 Å². The van der Waals surface area contributed by atoms with Crippen molar-refractivity contribution in [2.45, 2.75) is 25.9 Å². The van der Waals surface area contributed by atoms with Gasteiger partial charge in [0.2, 0.25) is 5.88 Å². The van der Waals surface area contributed by atoms with E-state index >= 15 is 0 Å². The molecular formula is C24H29N3O6. The zero-order valence-corrected chi connectivity index (χ0v) is 18.7. The van der Waals surface area contributed by atoms with Crippen molar-refractivity contribution in [1.29, 1.82) is 5.26 Å². The van der Waals surface area contributed by atoms with E-state index in [-0.39, 0.29) is 12.5 Å². The molecule has 1 unspecified atom stereocenters. The van der Waals surface area contributed by atoms with Crippen molar-refractivity contribution in [2.24, 2.45) is 0 Å². The average Bonchev–Trinajstić information content (AvgIpc) is 2.78. The number of carboxylic acids is 2. The molecule has 3 N–H and O–H groups in total. The lowest BCUT2D eigenvalue weighted by atomic mass is 10.1. The molecule has 0 saturated carbocycles. The van der Waals surface area contributed by atoms with Gasteiger partial charge in [-0.05, 0) is 50.6 Å². The molecule has 2 rings (SSSR count). The Balaban J connectivity index is 0.000000582. The van der Waals surface area contributed by atoms with Crippen LogP contribution in [0.2, 0.25) is 0 Å². The number of carboxylic acid groups (broad SMARTS) is 2. The summed E-state index contributed by atoms with van der Waals surface area (Å²) in [7, 11) is 1.99. The second kappa shape index (κ2) is 15.1. The highest BCUT2D eigenvalue weighted by molar-refractivity contribution is 5.89. The standard InChI is InChI=1S/C20H25N3O2.C4H4O4/c1-16-11-18(12-21)20(22-13-16)25-15-19(24)14-23(2)10-6-9-17-7-4-3-5-8-17;5-3(6)1-2-4(7)8/h3-5,7-8,11,13,19,24H,6,9-10,14-15H2,1-2H3;1-2H,(H,5,6)(H,7,8)/b;2-1-. The van der Waals surface area contributed by atoms with Crippen LogP contribution in [0.15, 0.2) is 54.7 Å². The van der Waals surface area contributed by atoms with E-state index in [4.69, 9.17) is 20.2 Å². The van der Waals surface area contributed by atoms with E-state index in [9.17, 15) is 14.7 Å². The maximum Gasteiger partial charge on any atom is 0.328 e. The highest BCUT2D eigenvalue weighted by Gasteiger charge is 2.12.